The van der Waals surface area contributed by atoms with Crippen LogP contribution >= 0.6 is 15.9 Å². The second-order valence-corrected chi connectivity index (χ2v) is 6.62. The molecule has 0 spiro atoms. The third-order valence-electron chi connectivity index (χ3n) is 4.17. The minimum atomic E-state index is -0.448. The number of halogens is 1. The predicted molar refractivity (Wildman–Crippen MR) is 94.5 cm³/mol. The molecule has 1 aromatic carbocycles. The van der Waals surface area contributed by atoms with E-state index in [9.17, 15) is 5.26 Å². The Bertz CT molecular complexity index is 1020. The lowest BCUT2D eigenvalue weighted by Crippen LogP contribution is -2.20. The van der Waals surface area contributed by atoms with Crippen molar-refractivity contribution < 1.29 is 9.15 Å². The highest BCUT2D eigenvalue weighted by Gasteiger charge is 2.36. The van der Waals surface area contributed by atoms with E-state index in [2.05, 4.69) is 32.2 Å². The molecular weight excluding hydrogens is 384 g/mol. The summed E-state index contributed by atoms with van der Waals surface area (Å²) in [4.78, 5) is 0. The lowest BCUT2D eigenvalue weighted by Gasteiger charge is -2.21. The van der Waals surface area contributed by atoms with Gasteiger partial charge < -0.3 is 14.9 Å². The Morgan fingerprint density at radius 1 is 1.24 bits per heavy atom. The second-order valence-electron chi connectivity index (χ2n) is 5.70. The van der Waals surface area contributed by atoms with Gasteiger partial charge in [-0.25, -0.2) is 0 Å². The molecule has 124 valence electrons. The van der Waals surface area contributed by atoms with Gasteiger partial charge in [0.2, 0.25) is 11.8 Å². The monoisotopic (exact) mass is 396 g/mol. The van der Waals surface area contributed by atoms with Crippen LogP contribution in [0.2, 0.25) is 0 Å². The summed E-state index contributed by atoms with van der Waals surface area (Å²) in [6.07, 6.45) is 0. The van der Waals surface area contributed by atoms with Gasteiger partial charge in [-0.05, 0) is 31.2 Å². The van der Waals surface area contributed by atoms with Crippen molar-refractivity contribution in [2.75, 3.05) is 0 Å². The van der Waals surface area contributed by atoms with Crippen LogP contribution in [0.3, 0.4) is 0 Å². The normalized spacial score (nSPS) is 16.3. The highest BCUT2D eigenvalue weighted by molar-refractivity contribution is 9.10. The number of allylic oxidation sites excluding steroid dienone is 1. The van der Waals surface area contributed by atoms with Crippen molar-refractivity contribution in [3.05, 3.63) is 69.3 Å². The molecule has 0 amide bonds. The number of aromatic nitrogens is 2. The van der Waals surface area contributed by atoms with E-state index in [4.69, 9.17) is 14.9 Å². The van der Waals surface area contributed by atoms with Crippen molar-refractivity contribution in [1.29, 1.82) is 5.26 Å². The molecule has 4 rings (SSSR count). The maximum atomic E-state index is 9.56. The SMILES string of the molecule is Cc1[nH]nc2c1[C@H](c1ccc(-c3ccc(Br)cc3)o1)C(C#N)=C(N)O2. The molecule has 0 bridgehead atoms. The van der Waals surface area contributed by atoms with E-state index in [0.29, 0.717) is 23.0 Å². The standard InChI is InChI=1S/C18H13BrN4O2/c1-9-15-16(12(8-20)17(21)25-18(15)23-22-9)14-7-6-13(24-14)10-2-4-11(19)5-3-10/h2-7,16H,21H2,1H3,(H,22,23)/t16-/m0/s1. The molecule has 25 heavy (non-hydrogen) atoms. The number of aryl methyl sites for hydroxylation is 1. The average molecular weight is 397 g/mol. The molecule has 7 heteroatoms. The summed E-state index contributed by atoms with van der Waals surface area (Å²) >= 11 is 3.42. The van der Waals surface area contributed by atoms with Gasteiger partial charge in [-0.1, -0.05) is 28.1 Å². The number of aromatic amines is 1. The number of rotatable bonds is 2. The lowest BCUT2D eigenvalue weighted by atomic mass is 9.88. The van der Waals surface area contributed by atoms with E-state index in [1.54, 1.807) is 0 Å². The van der Waals surface area contributed by atoms with E-state index in [1.165, 1.54) is 0 Å². The van der Waals surface area contributed by atoms with Crippen molar-refractivity contribution in [3.8, 4) is 23.3 Å². The largest absolute Gasteiger partial charge is 0.460 e. The zero-order chi connectivity index (χ0) is 17.6. The van der Waals surface area contributed by atoms with E-state index in [-0.39, 0.29) is 5.88 Å². The highest BCUT2D eigenvalue weighted by Crippen LogP contribution is 2.43. The summed E-state index contributed by atoms with van der Waals surface area (Å²) in [5.74, 6) is 1.31. The fraction of sp³-hybridized carbons (Fsp3) is 0.111. The maximum absolute atomic E-state index is 9.56. The Labute approximate surface area is 152 Å². The van der Waals surface area contributed by atoms with Crippen LogP contribution in [0.1, 0.15) is 22.9 Å². The van der Waals surface area contributed by atoms with Crippen LogP contribution < -0.4 is 10.5 Å². The minimum Gasteiger partial charge on any atom is -0.460 e. The molecule has 3 N–H and O–H groups in total. The van der Waals surface area contributed by atoms with E-state index >= 15 is 0 Å². The molecule has 0 radical (unpaired) electrons. The summed E-state index contributed by atoms with van der Waals surface area (Å²) < 4.78 is 12.5. The number of fused-ring (bicyclic) bond motifs is 1. The molecule has 0 aliphatic carbocycles. The lowest BCUT2D eigenvalue weighted by molar-refractivity contribution is 0.371. The van der Waals surface area contributed by atoms with E-state index in [0.717, 1.165) is 21.3 Å². The van der Waals surface area contributed by atoms with Crippen LogP contribution in [0.4, 0.5) is 0 Å². The first-order chi connectivity index (χ1) is 12.1. The van der Waals surface area contributed by atoms with Crippen molar-refractivity contribution in [1.82, 2.24) is 10.2 Å². The summed E-state index contributed by atoms with van der Waals surface area (Å²) in [6, 6.07) is 13.7. The molecule has 0 fully saturated rings. The number of nitriles is 1. The summed E-state index contributed by atoms with van der Waals surface area (Å²) in [6.45, 7) is 1.87. The molecule has 6 nitrogen and oxygen atoms in total. The number of nitrogens with one attached hydrogen (secondary N) is 1. The van der Waals surface area contributed by atoms with Gasteiger partial charge in [-0.2, -0.15) is 5.26 Å². The average Bonchev–Trinajstić information content (AvgIpc) is 3.22. The number of nitrogens with two attached hydrogens (primary N) is 1. The molecule has 1 aliphatic rings. The van der Waals surface area contributed by atoms with Gasteiger partial charge >= 0.3 is 0 Å². The maximum Gasteiger partial charge on any atom is 0.244 e. The molecule has 0 saturated carbocycles. The smallest absolute Gasteiger partial charge is 0.244 e. The van der Waals surface area contributed by atoms with Crippen LogP contribution in [0, 0.1) is 18.3 Å². The van der Waals surface area contributed by atoms with Gasteiger partial charge in [0, 0.05) is 15.7 Å². The van der Waals surface area contributed by atoms with E-state index in [1.807, 2.05) is 43.3 Å². The Morgan fingerprint density at radius 3 is 2.72 bits per heavy atom. The Kier molecular flexibility index (Phi) is 3.62. The number of benzene rings is 1. The molecular formula is C18H13BrN4O2. The Morgan fingerprint density at radius 2 is 2.00 bits per heavy atom. The Hall–Kier alpha value is -2.98. The molecule has 1 aliphatic heterocycles. The zero-order valence-electron chi connectivity index (χ0n) is 13.2. The van der Waals surface area contributed by atoms with Gasteiger partial charge in [-0.3, -0.25) is 5.10 Å². The minimum absolute atomic E-state index is 0.0492. The first-order valence-electron chi connectivity index (χ1n) is 7.56. The van der Waals surface area contributed by atoms with Crippen LogP contribution in [0.5, 0.6) is 5.88 Å². The molecule has 0 saturated heterocycles. The second kappa shape index (κ2) is 5.83. The quantitative estimate of drug-likeness (QED) is 0.682. The molecule has 3 aromatic rings. The Balaban J connectivity index is 1.82. The van der Waals surface area contributed by atoms with Crippen LogP contribution in [0.15, 0.2) is 56.7 Å². The highest BCUT2D eigenvalue weighted by atomic mass is 79.9. The summed E-state index contributed by atoms with van der Waals surface area (Å²) in [7, 11) is 0. The number of H-pyrrole nitrogens is 1. The molecule has 0 unspecified atom stereocenters. The molecule has 3 heterocycles. The molecule has 1 atom stereocenters. The summed E-state index contributed by atoms with van der Waals surface area (Å²) in [5, 5.41) is 16.5. The first kappa shape index (κ1) is 15.5. The van der Waals surface area contributed by atoms with Crippen molar-refractivity contribution in [3.63, 3.8) is 0 Å². The van der Waals surface area contributed by atoms with Crippen LogP contribution in [-0.4, -0.2) is 10.2 Å². The number of hydrogen-bond donors (Lipinski definition) is 2. The van der Waals surface area contributed by atoms with Crippen LogP contribution in [0.25, 0.3) is 11.3 Å². The number of nitrogens with zero attached hydrogens (tertiary/aromatic N) is 2. The van der Waals surface area contributed by atoms with E-state index < -0.39 is 5.92 Å². The molecule has 2 aromatic heterocycles. The third kappa shape index (κ3) is 2.51. The number of furan rings is 1. The van der Waals surface area contributed by atoms with Gasteiger partial charge in [0.25, 0.3) is 0 Å². The van der Waals surface area contributed by atoms with Crippen LogP contribution in [-0.2, 0) is 0 Å². The number of ether oxygens (including phenoxy) is 1. The van der Waals surface area contributed by atoms with Gasteiger partial charge in [0.05, 0.1) is 11.5 Å². The fourth-order valence-electron chi connectivity index (χ4n) is 2.96. The van der Waals surface area contributed by atoms with Crippen molar-refractivity contribution in [2.45, 2.75) is 12.8 Å². The summed E-state index contributed by atoms with van der Waals surface area (Å²) in [5.41, 5.74) is 8.74. The van der Waals surface area contributed by atoms with Gasteiger partial charge in [0.15, 0.2) is 0 Å². The first-order valence-corrected chi connectivity index (χ1v) is 8.36. The zero-order valence-corrected chi connectivity index (χ0v) is 14.8. The predicted octanol–water partition coefficient (Wildman–Crippen LogP) is 3.96. The van der Waals surface area contributed by atoms with Crippen molar-refractivity contribution in [2.24, 2.45) is 5.73 Å². The third-order valence-corrected chi connectivity index (χ3v) is 4.70. The van der Waals surface area contributed by atoms with Gasteiger partial charge in [0.1, 0.15) is 23.2 Å². The topological polar surface area (TPSA) is 101 Å². The fourth-order valence-corrected chi connectivity index (χ4v) is 3.22. The number of hydrogen-bond acceptors (Lipinski definition) is 5. The van der Waals surface area contributed by atoms with Gasteiger partial charge in [-0.15, -0.1) is 5.10 Å². The van der Waals surface area contributed by atoms with Crippen molar-refractivity contribution >= 4 is 15.9 Å².